The summed E-state index contributed by atoms with van der Waals surface area (Å²) in [5.41, 5.74) is 4.20. The van der Waals surface area contributed by atoms with Crippen LogP contribution in [0, 0.1) is 13.8 Å². The molecule has 178 valence electrons. The van der Waals surface area contributed by atoms with Crippen molar-refractivity contribution in [3.63, 3.8) is 0 Å². The van der Waals surface area contributed by atoms with E-state index in [1.165, 1.54) is 0 Å². The molecule has 0 bridgehead atoms. The van der Waals surface area contributed by atoms with Crippen molar-refractivity contribution in [2.45, 2.75) is 39.8 Å². The van der Waals surface area contributed by atoms with E-state index in [0.717, 1.165) is 34.4 Å². The lowest BCUT2D eigenvalue weighted by molar-refractivity contribution is 0.0714. The molecule has 1 aromatic heterocycles. The second kappa shape index (κ2) is 9.23. The summed E-state index contributed by atoms with van der Waals surface area (Å²) in [5, 5.41) is 1.04. The van der Waals surface area contributed by atoms with E-state index in [9.17, 15) is 9.59 Å². The second-order valence-corrected chi connectivity index (χ2v) is 9.36. The van der Waals surface area contributed by atoms with E-state index in [1.54, 1.807) is 11.0 Å². The molecule has 3 aromatic carbocycles. The normalized spacial score (nSPS) is 15.0. The molecule has 0 spiro atoms. The molecule has 2 heterocycles. The summed E-state index contributed by atoms with van der Waals surface area (Å²) in [6.07, 6.45) is 0.908. The van der Waals surface area contributed by atoms with Crippen LogP contribution in [0.15, 0.2) is 69.9 Å². The van der Waals surface area contributed by atoms with Crippen LogP contribution in [-0.2, 0) is 6.54 Å². The van der Waals surface area contributed by atoms with Gasteiger partial charge in [0.25, 0.3) is 5.91 Å². The van der Waals surface area contributed by atoms with Crippen LogP contribution in [-0.4, -0.2) is 17.4 Å². The molecular formula is C29H26ClNO4. The number of amides is 1. The van der Waals surface area contributed by atoms with Crippen molar-refractivity contribution in [1.82, 2.24) is 4.90 Å². The van der Waals surface area contributed by atoms with Crippen molar-refractivity contribution in [1.29, 1.82) is 0 Å². The van der Waals surface area contributed by atoms with Gasteiger partial charge in [-0.2, -0.15) is 0 Å². The lowest BCUT2D eigenvalue weighted by atomic mass is 9.97. The fourth-order valence-electron chi connectivity index (χ4n) is 4.56. The first-order chi connectivity index (χ1) is 16.9. The zero-order chi connectivity index (χ0) is 24.7. The van der Waals surface area contributed by atoms with Crippen LogP contribution in [0.2, 0.25) is 5.02 Å². The van der Waals surface area contributed by atoms with Gasteiger partial charge in [0.05, 0.1) is 23.6 Å². The molecule has 4 aromatic rings. The molecule has 5 rings (SSSR count). The van der Waals surface area contributed by atoms with E-state index in [2.05, 4.69) is 6.92 Å². The number of aryl methyl sites for hydroxylation is 2. The van der Waals surface area contributed by atoms with Crippen LogP contribution >= 0.6 is 11.6 Å². The maximum Gasteiger partial charge on any atom is 0.291 e. The Balaban J connectivity index is 1.68. The first kappa shape index (κ1) is 23.2. The monoisotopic (exact) mass is 487 g/mol. The van der Waals surface area contributed by atoms with Crippen molar-refractivity contribution >= 4 is 28.5 Å². The molecule has 1 unspecified atom stereocenters. The maximum atomic E-state index is 13.8. The van der Waals surface area contributed by atoms with Crippen LogP contribution in [0.1, 0.15) is 57.8 Å². The number of hydrogen-bond acceptors (Lipinski definition) is 4. The number of benzene rings is 3. The van der Waals surface area contributed by atoms with E-state index < -0.39 is 6.04 Å². The second-order valence-electron chi connectivity index (χ2n) is 8.95. The maximum absolute atomic E-state index is 13.8. The van der Waals surface area contributed by atoms with Gasteiger partial charge in [0.2, 0.25) is 5.76 Å². The summed E-state index contributed by atoms with van der Waals surface area (Å²) in [6, 6.07) is 18.0. The smallest absolute Gasteiger partial charge is 0.291 e. The van der Waals surface area contributed by atoms with Crippen molar-refractivity contribution in [2.24, 2.45) is 0 Å². The summed E-state index contributed by atoms with van der Waals surface area (Å²) >= 11 is 6.44. The Morgan fingerprint density at radius 1 is 1.00 bits per heavy atom. The fourth-order valence-corrected chi connectivity index (χ4v) is 4.76. The minimum Gasteiger partial charge on any atom is -0.494 e. The Morgan fingerprint density at radius 3 is 2.43 bits per heavy atom. The van der Waals surface area contributed by atoms with E-state index in [0.29, 0.717) is 28.2 Å². The molecule has 0 fully saturated rings. The third-order valence-corrected chi connectivity index (χ3v) is 6.92. The minimum atomic E-state index is -0.601. The third kappa shape index (κ3) is 4.10. The standard InChI is InChI=1S/C29H26ClNO4/c1-4-13-34-21-11-9-19(10-12-21)26-25-27(32)22-14-17(2)18(3)15-24(22)35-28(25)29(33)31(26)16-20-7-5-6-8-23(20)30/h5-12,14-15,26H,4,13,16H2,1-3H3. The van der Waals surface area contributed by atoms with Gasteiger partial charge in [-0.1, -0.05) is 48.9 Å². The highest BCUT2D eigenvalue weighted by Crippen LogP contribution is 2.40. The number of rotatable bonds is 6. The molecule has 5 nitrogen and oxygen atoms in total. The summed E-state index contributed by atoms with van der Waals surface area (Å²) in [4.78, 5) is 29.1. The van der Waals surface area contributed by atoms with Gasteiger partial charge in [-0.15, -0.1) is 0 Å². The van der Waals surface area contributed by atoms with E-state index in [1.807, 2.05) is 68.4 Å². The molecular weight excluding hydrogens is 462 g/mol. The highest BCUT2D eigenvalue weighted by atomic mass is 35.5. The number of hydrogen-bond donors (Lipinski definition) is 0. The molecule has 35 heavy (non-hydrogen) atoms. The highest BCUT2D eigenvalue weighted by Gasteiger charge is 2.43. The SMILES string of the molecule is CCCOc1ccc(C2c3c(oc4cc(C)c(C)cc4c3=O)C(=O)N2Cc2ccccc2Cl)cc1. The Bertz CT molecular complexity index is 1490. The average molecular weight is 488 g/mol. The molecule has 1 aliphatic rings. The molecule has 1 amide bonds. The van der Waals surface area contributed by atoms with Gasteiger partial charge in [-0.3, -0.25) is 9.59 Å². The lowest BCUT2D eigenvalue weighted by Crippen LogP contribution is -2.29. The Labute approximate surface area is 208 Å². The molecule has 0 aliphatic carbocycles. The van der Waals surface area contributed by atoms with Gasteiger partial charge in [-0.25, -0.2) is 0 Å². The van der Waals surface area contributed by atoms with E-state index >= 15 is 0 Å². The summed E-state index contributed by atoms with van der Waals surface area (Å²) in [5.74, 6) is 0.511. The molecule has 0 saturated carbocycles. The van der Waals surface area contributed by atoms with Crippen LogP contribution in [0.4, 0.5) is 0 Å². The predicted octanol–water partition coefficient (Wildman–Crippen LogP) is 6.60. The summed E-state index contributed by atoms with van der Waals surface area (Å²) in [6.45, 7) is 6.84. The minimum absolute atomic E-state index is 0.0918. The Kier molecular flexibility index (Phi) is 6.12. The number of halogens is 1. The van der Waals surface area contributed by atoms with Crippen molar-refractivity contribution in [3.05, 3.63) is 109 Å². The van der Waals surface area contributed by atoms with Crippen molar-refractivity contribution in [2.75, 3.05) is 6.61 Å². The lowest BCUT2D eigenvalue weighted by Gasteiger charge is -2.25. The molecule has 0 saturated heterocycles. The quantitative estimate of drug-likeness (QED) is 0.307. The first-order valence-electron chi connectivity index (χ1n) is 11.7. The Hall–Kier alpha value is -3.57. The average Bonchev–Trinajstić information content (AvgIpc) is 3.12. The van der Waals surface area contributed by atoms with Gasteiger partial charge in [0, 0.05) is 11.6 Å². The van der Waals surface area contributed by atoms with Gasteiger partial charge in [0.15, 0.2) is 5.43 Å². The first-order valence-corrected chi connectivity index (χ1v) is 12.1. The molecule has 6 heteroatoms. The van der Waals surface area contributed by atoms with Crippen LogP contribution in [0.5, 0.6) is 5.75 Å². The summed E-state index contributed by atoms with van der Waals surface area (Å²) in [7, 11) is 0. The largest absolute Gasteiger partial charge is 0.494 e. The van der Waals surface area contributed by atoms with Crippen molar-refractivity contribution < 1.29 is 13.9 Å². The molecule has 1 atom stereocenters. The Morgan fingerprint density at radius 2 is 1.71 bits per heavy atom. The van der Waals surface area contributed by atoms with Gasteiger partial charge in [-0.05, 0) is 72.9 Å². The van der Waals surface area contributed by atoms with Crippen LogP contribution in [0.25, 0.3) is 11.0 Å². The number of fused-ring (bicyclic) bond motifs is 2. The van der Waals surface area contributed by atoms with Gasteiger partial charge < -0.3 is 14.1 Å². The van der Waals surface area contributed by atoms with E-state index in [4.69, 9.17) is 20.8 Å². The topological polar surface area (TPSA) is 59.8 Å². The summed E-state index contributed by atoms with van der Waals surface area (Å²) < 4.78 is 11.8. The highest BCUT2D eigenvalue weighted by molar-refractivity contribution is 6.31. The number of ether oxygens (including phenoxy) is 1. The molecule has 0 N–H and O–H groups in total. The zero-order valence-corrected chi connectivity index (χ0v) is 20.7. The van der Waals surface area contributed by atoms with Gasteiger partial charge >= 0.3 is 0 Å². The third-order valence-electron chi connectivity index (χ3n) is 6.55. The molecule has 0 radical (unpaired) electrons. The number of nitrogens with zero attached hydrogens (tertiary/aromatic N) is 1. The fraction of sp³-hybridized carbons (Fsp3) is 0.241. The van der Waals surface area contributed by atoms with E-state index in [-0.39, 0.29) is 23.6 Å². The number of carbonyl (C=O) groups excluding carboxylic acids is 1. The van der Waals surface area contributed by atoms with Crippen LogP contribution in [0.3, 0.4) is 0 Å². The number of carbonyl (C=O) groups is 1. The van der Waals surface area contributed by atoms with Gasteiger partial charge in [0.1, 0.15) is 11.3 Å². The van der Waals surface area contributed by atoms with Crippen molar-refractivity contribution in [3.8, 4) is 5.75 Å². The zero-order valence-electron chi connectivity index (χ0n) is 19.9. The molecule has 1 aliphatic heterocycles. The predicted molar refractivity (Wildman–Crippen MR) is 137 cm³/mol. The van der Waals surface area contributed by atoms with Crippen LogP contribution < -0.4 is 10.2 Å².